The van der Waals surface area contributed by atoms with Crippen LogP contribution in [0.5, 0.6) is 5.75 Å². The largest absolute Gasteiger partial charge is 0.487 e. The van der Waals surface area contributed by atoms with Crippen LogP contribution in [0.25, 0.3) is 0 Å². The topological polar surface area (TPSA) is 54.4 Å². The lowest BCUT2D eigenvalue weighted by molar-refractivity contribution is -0.0373. The van der Waals surface area contributed by atoms with Gasteiger partial charge in [-0.1, -0.05) is 0 Å². The molecule has 0 atom stereocenters. The SMILES string of the molecule is CC(C)Oc1cccnc1NCC(F)(F)CO. The van der Waals surface area contributed by atoms with Crippen LogP contribution >= 0.6 is 0 Å². The van der Waals surface area contributed by atoms with Gasteiger partial charge in [0.05, 0.1) is 12.6 Å². The van der Waals surface area contributed by atoms with E-state index < -0.39 is 19.1 Å². The number of halogens is 2. The molecule has 0 amide bonds. The van der Waals surface area contributed by atoms with Gasteiger partial charge in [0.15, 0.2) is 11.6 Å². The van der Waals surface area contributed by atoms with Gasteiger partial charge in [0.1, 0.15) is 6.61 Å². The van der Waals surface area contributed by atoms with Crippen molar-refractivity contribution in [3.8, 4) is 5.75 Å². The number of ether oxygens (including phenoxy) is 1. The lowest BCUT2D eigenvalue weighted by Gasteiger charge is -2.17. The zero-order valence-corrected chi connectivity index (χ0v) is 9.78. The van der Waals surface area contributed by atoms with Crippen molar-refractivity contribution in [1.82, 2.24) is 4.98 Å². The van der Waals surface area contributed by atoms with Crippen LogP contribution in [-0.4, -0.2) is 35.3 Å². The van der Waals surface area contributed by atoms with Gasteiger partial charge < -0.3 is 15.2 Å². The summed E-state index contributed by atoms with van der Waals surface area (Å²) in [4.78, 5) is 3.92. The second-order valence-electron chi connectivity index (χ2n) is 3.88. The van der Waals surface area contributed by atoms with E-state index in [2.05, 4.69) is 10.3 Å². The Morgan fingerprint density at radius 2 is 2.24 bits per heavy atom. The zero-order chi connectivity index (χ0) is 12.9. The van der Waals surface area contributed by atoms with Crippen molar-refractivity contribution >= 4 is 5.82 Å². The van der Waals surface area contributed by atoms with Crippen LogP contribution in [-0.2, 0) is 0 Å². The van der Waals surface area contributed by atoms with Crippen LogP contribution in [0, 0.1) is 0 Å². The fourth-order valence-corrected chi connectivity index (χ4v) is 1.14. The highest BCUT2D eigenvalue weighted by Gasteiger charge is 2.27. The monoisotopic (exact) mass is 246 g/mol. The molecule has 0 aliphatic rings. The van der Waals surface area contributed by atoms with Crippen molar-refractivity contribution in [2.45, 2.75) is 25.9 Å². The smallest absolute Gasteiger partial charge is 0.287 e. The first-order valence-electron chi connectivity index (χ1n) is 5.29. The molecular weight excluding hydrogens is 230 g/mol. The van der Waals surface area contributed by atoms with E-state index in [-0.39, 0.29) is 11.9 Å². The number of aromatic nitrogens is 1. The molecule has 0 fully saturated rings. The Hall–Kier alpha value is -1.43. The summed E-state index contributed by atoms with van der Waals surface area (Å²) < 4.78 is 31.1. The molecule has 1 rings (SSSR count). The number of aliphatic hydroxyl groups is 1. The van der Waals surface area contributed by atoms with Gasteiger partial charge in [-0.25, -0.2) is 13.8 Å². The van der Waals surface area contributed by atoms with E-state index in [1.165, 1.54) is 6.20 Å². The van der Waals surface area contributed by atoms with Gasteiger partial charge in [0.25, 0.3) is 5.92 Å². The molecule has 6 heteroatoms. The molecule has 2 N–H and O–H groups in total. The summed E-state index contributed by atoms with van der Waals surface area (Å²) in [6.07, 6.45) is 1.41. The van der Waals surface area contributed by atoms with Gasteiger partial charge in [-0.15, -0.1) is 0 Å². The number of hydrogen-bond acceptors (Lipinski definition) is 4. The van der Waals surface area contributed by atoms with Gasteiger partial charge in [0, 0.05) is 6.20 Å². The normalized spacial score (nSPS) is 11.6. The number of hydrogen-bond donors (Lipinski definition) is 2. The lowest BCUT2D eigenvalue weighted by Crippen LogP contribution is -2.31. The van der Waals surface area contributed by atoms with Gasteiger partial charge in [-0.2, -0.15) is 0 Å². The Morgan fingerprint density at radius 1 is 1.53 bits per heavy atom. The molecule has 17 heavy (non-hydrogen) atoms. The van der Waals surface area contributed by atoms with Crippen molar-refractivity contribution in [2.75, 3.05) is 18.5 Å². The van der Waals surface area contributed by atoms with E-state index in [4.69, 9.17) is 9.84 Å². The van der Waals surface area contributed by atoms with Crippen molar-refractivity contribution in [3.05, 3.63) is 18.3 Å². The Morgan fingerprint density at radius 3 is 2.82 bits per heavy atom. The number of nitrogens with one attached hydrogen (secondary N) is 1. The van der Waals surface area contributed by atoms with Crippen molar-refractivity contribution in [1.29, 1.82) is 0 Å². The van der Waals surface area contributed by atoms with E-state index in [0.29, 0.717) is 5.75 Å². The third-order valence-electron chi connectivity index (χ3n) is 1.88. The Balaban J connectivity index is 2.70. The average molecular weight is 246 g/mol. The molecule has 0 aromatic carbocycles. The molecule has 1 aromatic heterocycles. The molecule has 0 radical (unpaired) electrons. The first kappa shape index (κ1) is 13.6. The Kier molecular flexibility index (Phi) is 4.62. The van der Waals surface area contributed by atoms with Crippen molar-refractivity contribution < 1.29 is 18.6 Å². The van der Waals surface area contributed by atoms with Crippen molar-refractivity contribution in [2.24, 2.45) is 0 Å². The zero-order valence-electron chi connectivity index (χ0n) is 9.78. The molecule has 0 spiro atoms. The maximum Gasteiger partial charge on any atom is 0.287 e. The van der Waals surface area contributed by atoms with Crippen LogP contribution in [0.3, 0.4) is 0 Å². The molecule has 1 heterocycles. The minimum atomic E-state index is -3.17. The molecule has 0 bridgehead atoms. The predicted octanol–water partition coefficient (Wildman–Crippen LogP) is 1.91. The molecule has 0 aliphatic heterocycles. The number of aliphatic hydroxyl groups excluding tert-OH is 1. The summed E-state index contributed by atoms with van der Waals surface area (Å²) in [5.74, 6) is -2.52. The molecular formula is C11H16F2N2O2. The maximum atomic E-state index is 12.9. The summed E-state index contributed by atoms with van der Waals surface area (Å²) >= 11 is 0. The first-order chi connectivity index (χ1) is 7.94. The number of rotatable bonds is 6. The highest BCUT2D eigenvalue weighted by molar-refractivity contribution is 5.49. The summed E-state index contributed by atoms with van der Waals surface area (Å²) in [6, 6.07) is 3.31. The Labute approximate surface area is 98.6 Å². The van der Waals surface area contributed by atoms with E-state index in [1.54, 1.807) is 12.1 Å². The molecule has 0 aliphatic carbocycles. The minimum Gasteiger partial charge on any atom is -0.487 e. The second kappa shape index (κ2) is 5.77. The fraction of sp³-hybridized carbons (Fsp3) is 0.545. The summed E-state index contributed by atoms with van der Waals surface area (Å²) in [7, 11) is 0. The van der Waals surface area contributed by atoms with Crippen LogP contribution in [0.2, 0.25) is 0 Å². The first-order valence-corrected chi connectivity index (χ1v) is 5.29. The number of alkyl halides is 2. The summed E-state index contributed by atoms with van der Waals surface area (Å²) in [6.45, 7) is 1.78. The summed E-state index contributed by atoms with van der Waals surface area (Å²) in [5.41, 5.74) is 0. The number of nitrogens with zero attached hydrogens (tertiary/aromatic N) is 1. The van der Waals surface area contributed by atoms with Crippen LogP contribution < -0.4 is 10.1 Å². The lowest BCUT2D eigenvalue weighted by atomic mass is 10.3. The minimum absolute atomic E-state index is 0.0712. The number of pyridine rings is 1. The van der Waals surface area contributed by atoms with Gasteiger partial charge in [-0.3, -0.25) is 0 Å². The van der Waals surface area contributed by atoms with E-state index in [0.717, 1.165) is 0 Å². The molecule has 1 aromatic rings. The second-order valence-corrected chi connectivity index (χ2v) is 3.88. The van der Waals surface area contributed by atoms with Crippen molar-refractivity contribution in [3.63, 3.8) is 0 Å². The average Bonchev–Trinajstić information content (AvgIpc) is 2.27. The molecule has 0 unspecified atom stereocenters. The van der Waals surface area contributed by atoms with Crippen LogP contribution in [0.4, 0.5) is 14.6 Å². The molecule has 0 saturated heterocycles. The van der Waals surface area contributed by atoms with E-state index in [9.17, 15) is 8.78 Å². The summed E-state index contributed by atoms with van der Waals surface area (Å²) in [5, 5.41) is 10.9. The molecule has 96 valence electrons. The fourth-order valence-electron chi connectivity index (χ4n) is 1.14. The quantitative estimate of drug-likeness (QED) is 0.805. The molecule has 0 saturated carbocycles. The highest BCUT2D eigenvalue weighted by Crippen LogP contribution is 2.23. The van der Waals surface area contributed by atoms with E-state index in [1.807, 2.05) is 13.8 Å². The Bertz CT molecular complexity index is 359. The number of anilines is 1. The third-order valence-corrected chi connectivity index (χ3v) is 1.88. The van der Waals surface area contributed by atoms with Gasteiger partial charge in [-0.05, 0) is 26.0 Å². The predicted molar refractivity (Wildman–Crippen MR) is 60.5 cm³/mol. The molecule has 4 nitrogen and oxygen atoms in total. The van der Waals surface area contributed by atoms with Gasteiger partial charge >= 0.3 is 0 Å². The highest BCUT2D eigenvalue weighted by atomic mass is 19.3. The maximum absolute atomic E-state index is 12.9. The van der Waals surface area contributed by atoms with Gasteiger partial charge in [0.2, 0.25) is 0 Å². The van der Waals surface area contributed by atoms with Crippen LogP contribution in [0.1, 0.15) is 13.8 Å². The van der Waals surface area contributed by atoms with Crippen LogP contribution in [0.15, 0.2) is 18.3 Å². The third kappa shape index (κ3) is 4.52. The standard InChI is InChI=1S/C11H16F2N2O2/c1-8(2)17-9-4-3-5-14-10(9)15-6-11(12,13)7-16/h3-5,8,16H,6-7H2,1-2H3,(H,14,15). The van der Waals surface area contributed by atoms with E-state index >= 15 is 0 Å².